The Morgan fingerprint density at radius 3 is 1.83 bits per heavy atom. The van der Waals surface area contributed by atoms with Crippen LogP contribution >= 0.6 is 34.8 Å². The van der Waals surface area contributed by atoms with Gasteiger partial charge in [0.15, 0.2) is 0 Å². The first kappa shape index (κ1) is 22.7. The van der Waals surface area contributed by atoms with Crippen molar-refractivity contribution < 1.29 is 16.8 Å². The van der Waals surface area contributed by atoms with Gasteiger partial charge >= 0.3 is 0 Å². The molecule has 11 heteroatoms. The monoisotopic (exact) mass is 504 g/mol. The van der Waals surface area contributed by atoms with E-state index >= 15 is 0 Å². The fourth-order valence-corrected chi connectivity index (χ4v) is 5.79. The summed E-state index contributed by atoms with van der Waals surface area (Å²) in [5.41, 5.74) is 0.701. The number of benzene rings is 3. The van der Waals surface area contributed by atoms with Crippen LogP contribution in [0.15, 0.2) is 71.6 Å². The summed E-state index contributed by atoms with van der Waals surface area (Å²) in [7, 11) is -7.74. The molecule has 0 radical (unpaired) electrons. The van der Waals surface area contributed by atoms with Crippen molar-refractivity contribution in [2.24, 2.45) is 0 Å². The number of para-hydroxylation sites is 1. The van der Waals surface area contributed by atoms with E-state index in [1.165, 1.54) is 30.3 Å². The first-order valence-corrected chi connectivity index (χ1v) is 12.7. The quantitative estimate of drug-likeness (QED) is 0.450. The second kappa shape index (κ2) is 9.03. The highest BCUT2D eigenvalue weighted by Crippen LogP contribution is 2.28. The minimum atomic E-state index is -3.90. The molecular weight excluding hydrogens is 491 g/mol. The highest BCUT2D eigenvalue weighted by molar-refractivity contribution is 7.92. The topological polar surface area (TPSA) is 92.3 Å². The maximum atomic E-state index is 12.5. The predicted octanol–water partition coefficient (Wildman–Crippen LogP) is 5.39. The molecular formula is C19H15Cl3N2O4S2. The molecule has 0 heterocycles. The molecule has 0 bridgehead atoms. The third kappa shape index (κ3) is 5.59. The van der Waals surface area contributed by atoms with E-state index < -0.39 is 25.8 Å². The zero-order valence-corrected chi connectivity index (χ0v) is 19.0. The summed E-state index contributed by atoms with van der Waals surface area (Å²) in [4.78, 5) is -0.0560. The lowest BCUT2D eigenvalue weighted by Gasteiger charge is -2.12. The summed E-state index contributed by atoms with van der Waals surface area (Å²) >= 11 is 18.0. The third-order valence-electron chi connectivity index (χ3n) is 3.95. The van der Waals surface area contributed by atoms with Gasteiger partial charge in [-0.15, -0.1) is 0 Å². The van der Waals surface area contributed by atoms with Crippen molar-refractivity contribution in [1.82, 2.24) is 0 Å². The molecule has 3 rings (SSSR count). The molecule has 3 aromatic rings. The van der Waals surface area contributed by atoms with Gasteiger partial charge in [0, 0.05) is 21.3 Å². The van der Waals surface area contributed by atoms with Crippen LogP contribution in [-0.2, 0) is 25.8 Å². The van der Waals surface area contributed by atoms with E-state index in [-0.39, 0.29) is 36.9 Å². The number of rotatable bonds is 7. The number of halogens is 3. The molecule has 0 aliphatic heterocycles. The molecule has 158 valence electrons. The van der Waals surface area contributed by atoms with Crippen LogP contribution in [0.25, 0.3) is 0 Å². The molecule has 0 saturated heterocycles. The van der Waals surface area contributed by atoms with Crippen LogP contribution in [0.1, 0.15) is 5.56 Å². The Hall–Kier alpha value is -1.97. The number of sulfonamides is 2. The van der Waals surface area contributed by atoms with E-state index in [1.54, 1.807) is 36.4 Å². The van der Waals surface area contributed by atoms with Gasteiger partial charge in [0.25, 0.3) is 10.0 Å². The lowest BCUT2D eigenvalue weighted by molar-refractivity contribution is 0.599. The van der Waals surface area contributed by atoms with Crippen LogP contribution in [0.2, 0.25) is 15.1 Å². The molecule has 0 aliphatic carbocycles. The van der Waals surface area contributed by atoms with E-state index in [0.717, 1.165) is 0 Å². The Morgan fingerprint density at radius 2 is 1.23 bits per heavy atom. The van der Waals surface area contributed by atoms with Crippen LogP contribution in [0, 0.1) is 0 Å². The van der Waals surface area contributed by atoms with Crippen molar-refractivity contribution in [2.75, 3.05) is 9.44 Å². The van der Waals surface area contributed by atoms with E-state index in [0.29, 0.717) is 0 Å². The lowest BCUT2D eigenvalue weighted by Crippen LogP contribution is -2.16. The van der Waals surface area contributed by atoms with Gasteiger partial charge < -0.3 is 0 Å². The standard InChI is InChI=1S/C19H15Cl3N2O4S2/c20-16-5-3-6-17(21)15(16)12-29(25,26)23-13-8-10-14(11-9-13)30(27,28)24-19-7-2-1-4-18(19)22/h1-11,23-24H,12H2. The van der Waals surface area contributed by atoms with Gasteiger partial charge in [-0.05, 0) is 48.5 Å². The van der Waals surface area contributed by atoms with Gasteiger partial charge in [-0.1, -0.05) is 53.0 Å². The lowest BCUT2D eigenvalue weighted by atomic mass is 10.2. The maximum Gasteiger partial charge on any atom is 0.261 e. The second-order valence-electron chi connectivity index (χ2n) is 6.17. The third-order valence-corrected chi connectivity index (χ3v) is 7.59. The van der Waals surface area contributed by atoms with Gasteiger partial charge in [0.2, 0.25) is 10.0 Å². The number of nitrogens with one attached hydrogen (secondary N) is 2. The summed E-state index contributed by atoms with van der Waals surface area (Å²) < 4.78 is 54.7. The zero-order valence-electron chi connectivity index (χ0n) is 15.1. The highest BCUT2D eigenvalue weighted by Gasteiger charge is 2.19. The Labute approximate surface area is 189 Å². The Kier molecular flexibility index (Phi) is 6.84. The van der Waals surface area contributed by atoms with Crippen LogP contribution in [-0.4, -0.2) is 16.8 Å². The average molecular weight is 506 g/mol. The van der Waals surface area contributed by atoms with Crippen LogP contribution in [0.3, 0.4) is 0 Å². The highest BCUT2D eigenvalue weighted by atomic mass is 35.5. The van der Waals surface area contributed by atoms with Crippen molar-refractivity contribution in [1.29, 1.82) is 0 Å². The molecule has 0 aliphatic rings. The SMILES string of the molecule is O=S(=O)(Cc1c(Cl)cccc1Cl)Nc1ccc(S(=O)(=O)Nc2ccccc2Cl)cc1. The van der Waals surface area contributed by atoms with E-state index in [1.807, 2.05) is 0 Å². The predicted molar refractivity (Wildman–Crippen MR) is 121 cm³/mol. The van der Waals surface area contributed by atoms with E-state index in [4.69, 9.17) is 34.8 Å². The second-order valence-corrected chi connectivity index (χ2v) is 10.8. The average Bonchev–Trinajstić information content (AvgIpc) is 2.67. The molecule has 0 atom stereocenters. The van der Waals surface area contributed by atoms with Crippen LogP contribution < -0.4 is 9.44 Å². The molecule has 0 amide bonds. The maximum absolute atomic E-state index is 12.5. The largest absolute Gasteiger partial charge is 0.283 e. The van der Waals surface area contributed by atoms with Gasteiger partial charge in [-0.25, -0.2) is 16.8 Å². The summed E-state index contributed by atoms with van der Waals surface area (Å²) in [6.45, 7) is 0. The number of anilines is 2. The normalized spacial score (nSPS) is 11.8. The summed E-state index contributed by atoms with van der Waals surface area (Å²) in [5.74, 6) is -0.431. The van der Waals surface area contributed by atoms with Crippen molar-refractivity contribution >= 4 is 66.2 Å². The van der Waals surface area contributed by atoms with Crippen molar-refractivity contribution in [2.45, 2.75) is 10.6 Å². The van der Waals surface area contributed by atoms with Gasteiger partial charge in [0.05, 0.1) is 21.4 Å². The van der Waals surface area contributed by atoms with Gasteiger partial charge in [-0.3, -0.25) is 9.44 Å². The molecule has 2 N–H and O–H groups in total. The Bertz CT molecular complexity index is 1260. The minimum absolute atomic E-state index is 0.0560. The van der Waals surface area contributed by atoms with Gasteiger partial charge in [0.1, 0.15) is 0 Å². The van der Waals surface area contributed by atoms with Gasteiger partial charge in [-0.2, -0.15) is 0 Å². The van der Waals surface area contributed by atoms with Crippen molar-refractivity contribution in [3.63, 3.8) is 0 Å². The molecule has 0 unspecified atom stereocenters. The summed E-state index contributed by atoms with van der Waals surface area (Å²) in [5, 5.41) is 0.726. The summed E-state index contributed by atoms with van der Waals surface area (Å²) in [6.07, 6.45) is 0. The Balaban J connectivity index is 1.76. The smallest absolute Gasteiger partial charge is 0.261 e. The van der Waals surface area contributed by atoms with E-state index in [2.05, 4.69) is 9.44 Å². The fraction of sp³-hybridized carbons (Fsp3) is 0.0526. The number of hydrogen-bond acceptors (Lipinski definition) is 4. The molecule has 30 heavy (non-hydrogen) atoms. The molecule has 0 fully saturated rings. The van der Waals surface area contributed by atoms with Crippen molar-refractivity contribution in [3.05, 3.63) is 87.4 Å². The summed E-state index contributed by atoms with van der Waals surface area (Å²) in [6, 6.07) is 16.4. The molecule has 0 aromatic heterocycles. The fourth-order valence-electron chi connectivity index (χ4n) is 2.53. The van der Waals surface area contributed by atoms with Crippen LogP contribution in [0.5, 0.6) is 0 Å². The van der Waals surface area contributed by atoms with Crippen LogP contribution in [0.4, 0.5) is 11.4 Å². The number of hydrogen-bond donors (Lipinski definition) is 2. The molecule has 3 aromatic carbocycles. The van der Waals surface area contributed by atoms with Crippen molar-refractivity contribution in [3.8, 4) is 0 Å². The molecule has 0 saturated carbocycles. The van der Waals surface area contributed by atoms with E-state index in [9.17, 15) is 16.8 Å². The first-order chi connectivity index (χ1) is 14.1. The first-order valence-electron chi connectivity index (χ1n) is 8.38. The molecule has 6 nitrogen and oxygen atoms in total. The Morgan fingerprint density at radius 1 is 0.667 bits per heavy atom. The minimum Gasteiger partial charge on any atom is -0.283 e. The zero-order chi connectivity index (χ0) is 21.9. The molecule has 0 spiro atoms.